The zero-order chi connectivity index (χ0) is 15.6. The average Bonchev–Trinajstić information content (AvgIpc) is 2.84. The summed E-state index contributed by atoms with van der Waals surface area (Å²) in [5.41, 5.74) is 1.90. The van der Waals surface area contributed by atoms with Gasteiger partial charge in [0.2, 0.25) is 0 Å². The van der Waals surface area contributed by atoms with Crippen LogP contribution in [0, 0.1) is 0 Å². The van der Waals surface area contributed by atoms with Crippen molar-refractivity contribution in [1.82, 2.24) is 9.55 Å². The number of alkyl halides is 1. The Morgan fingerprint density at radius 2 is 1.86 bits per heavy atom. The first-order valence-corrected chi connectivity index (χ1v) is 8.63. The Labute approximate surface area is 134 Å². The van der Waals surface area contributed by atoms with Crippen LogP contribution < -0.4 is 9.47 Å². The van der Waals surface area contributed by atoms with Crippen molar-refractivity contribution in [3.05, 3.63) is 18.0 Å². The first-order valence-electron chi connectivity index (χ1n) is 6.80. The molecule has 0 saturated heterocycles. The zero-order valence-electron chi connectivity index (χ0n) is 13.0. The van der Waals surface area contributed by atoms with Crippen LogP contribution in [0.1, 0.15) is 31.1 Å². The van der Waals surface area contributed by atoms with E-state index in [1.807, 2.05) is 19.1 Å². The minimum absolute atomic E-state index is 0.154. The number of benzene rings is 1. The van der Waals surface area contributed by atoms with Gasteiger partial charge in [-0.3, -0.25) is 0 Å². The number of hydrogen-bond donors (Lipinski definition) is 0. The van der Waals surface area contributed by atoms with E-state index in [2.05, 4.69) is 22.7 Å². The van der Waals surface area contributed by atoms with Crippen LogP contribution in [0.2, 0.25) is 0 Å². The summed E-state index contributed by atoms with van der Waals surface area (Å²) < 4.78 is 13.0. The molecule has 1 heterocycles. The molecule has 0 aliphatic rings. The van der Waals surface area contributed by atoms with Crippen molar-refractivity contribution >= 4 is 34.4 Å². The van der Waals surface area contributed by atoms with E-state index in [1.165, 1.54) is 0 Å². The van der Waals surface area contributed by atoms with E-state index in [0.717, 1.165) is 22.6 Å². The lowest BCUT2D eigenvalue weighted by Gasteiger charge is -2.18. The van der Waals surface area contributed by atoms with Gasteiger partial charge < -0.3 is 14.0 Å². The van der Waals surface area contributed by atoms with Crippen LogP contribution in [0.4, 0.5) is 0 Å². The first-order chi connectivity index (χ1) is 10.0. The summed E-state index contributed by atoms with van der Waals surface area (Å²) in [5.74, 6) is 3.26. The molecule has 2 aromatic rings. The number of aromatic nitrogens is 2. The van der Waals surface area contributed by atoms with Crippen LogP contribution in [0.25, 0.3) is 11.0 Å². The molecule has 2 rings (SSSR count). The van der Waals surface area contributed by atoms with Crippen molar-refractivity contribution < 1.29 is 9.47 Å². The monoisotopic (exact) mass is 328 g/mol. The Morgan fingerprint density at radius 1 is 1.24 bits per heavy atom. The highest BCUT2D eigenvalue weighted by atomic mass is 35.5. The Bertz CT molecular complexity index is 628. The third-order valence-corrected chi connectivity index (χ3v) is 4.44. The summed E-state index contributed by atoms with van der Waals surface area (Å²) >= 11 is 8.13. The van der Waals surface area contributed by atoms with Crippen LogP contribution in [0.5, 0.6) is 11.5 Å². The van der Waals surface area contributed by atoms with Gasteiger partial charge in [0.05, 0.1) is 30.6 Å². The summed E-state index contributed by atoms with van der Waals surface area (Å²) in [6, 6.07) is 4.18. The molecule has 1 aromatic carbocycles. The third-order valence-electron chi connectivity index (χ3n) is 3.43. The lowest BCUT2D eigenvalue weighted by atomic mass is 10.2. The topological polar surface area (TPSA) is 36.3 Å². The van der Waals surface area contributed by atoms with Crippen LogP contribution in [0.3, 0.4) is 0 Å². The molecule has 2 unspecified atom stereocenters. The van der Waals surface area contributed by atoms with Crippen molar-refractivity contribution in [2.75, 3.05) is 26.2 Å². The minimum Gasteiger partial charge on any atom is -0.493 e. The van der Waals surface area contributed by atoms with Crippen molar-refractivity contribution in [3.63, 3.8) is 0 Å². The number of hydrogen-bond acceptors (Lipinski definition) is 4. The smallest absolute Gasteiger partial charge is 0.163 e. The molecule has 0 radical (unpaired) electrons. The number of imidazole rings is 1. The van der Waals surface area contributed by atoms with Gasteiger partial charge in [-0.2, -0.15) is 11.8 Å². The minimum atomic E-state index is -0.154. The van der Waals surface area contributed by atoms with Crippen molar-refractivity contribution in [3.8, 4) is 11.5 Å². The molecule has 0 aliphatic carbocycles. The van der Waals surface area contributed by atoms with E-state index in [-0.39, 0.29) is 5.38 Å². The first kappa shape index (κ1) is 16.3. The largest absolute Gasteiger partial charge is 0.493 e. The SMILES string of the molecule is COc1cc2nc(C(C)Cl)n(C(C)CSC)c2cc1OC. The standard InChI is InChI=1S/C15H21ClN2O2S/c1-9(8-21-5)18-12-7-14(20-4)13(19-3)6-11(12)17-15(18)10(2)16/h6-7,9-10H,8H2,1-5H3. The molecule has 2 atom stereocenters. The lowest BCUT2D eigenvalue weighted by molar-refractivity contribution is 0.355. The van der Waals surface area contributed by atoms with E-state index in [0.29, 0.717) is 17.5 Å². The summed E-state index contributed by atoms with van der Waals surface area (Å²) in [4.78, 5) is 4.69. The molecule has 1 aromatic heterocycles. The molecule has 0 saturated carbocycles. The Morgan fingerprint density at radius 3 is 2.38 bits per heavy atom. The predicted molar refractivity (Wildman–Crippen MR) is 90.2 cm³/mol. The molecule has 0 amide bonds. The maximum absolute atomic E-state index is 6.32. The van der Waals surface area contributed by atoms with Gasteiger partial charge in [-0.15, -0.1) is 11.6 Å². The van der Waals surface area contributed by atoms with E-state index in [1.54, 1.807) is 26.0 Å². The van der Waals surface area contributed by atoms with Gasteiger partial charge in [-0.05, 0) is 20.1 Å². The van der Waals surface area contributed by atoms with E-state index in [4.69, 9.17) is 21.1 Å². The van der Waals surface area contributed by atoms with E-state index >= 15 is 0 Å². The molecule has 0 fully saturated rings. The van der Waals surface area contributed by atoms with Crippen LogP contribution in [-0.4, -0.2) is 35.8 Å². The van der Waals surface area contributed by atoms with Gasteiger partial charge in [0.15, 0.2) is 11.5 Å². The fourth-order valence-electron chi connectivity index (χ4n) is 2.50. The number of rotatable bonds is 6. The maximum atomic E-state index is 6.32. The predicted octanol–water partition coefficient (Wildman–Crippen LogP) is 4.28. The van der Waals surface area contributed by atoms with Crippen LogP contribution >= 0.6 is 23.4 Å². The summed E-state index contributed by atoms with van der Waals surface area (Å²) in [7, 11) is 3.27. The molecule has 0 spiro atoms. The summed E-state index contributed by atoms with van der Waals surface area (Å²) in [6.45, 7) is 4.12. The Hall–Kier alpha value is -1.07. The van der Waals surface area contributed by atoms with Gasteiger partial charge in [0.25, 0.3) is 0 Å². The van der Waals surface area contributed by atoms with E-state index in [9.17, 15) is 0 Å². The molecule has 0 N–H and O–H groups in total. The Balaban J connectivity index is 2.69. The molecule has 0 aliphatic heterocycles. The lowest BCUT2D eigenvalue weighted by Crippen LogP contribution is -2.12. The summed E-state index contributed by atoms with van der Waals surface area (Å²) in [5, 5.41) is -0.154. The van der Waals surface area contributed by atoms with Crippen molar-refractivity contribution in [2.24, 2.45) is 0 Å². The quantitative estimate of drug-likeness (QED) is 0.742. The fraction of sp³-hybridized carbons (Fsp3) is 0.533. The van der Waals surface area contributed by atoms with Crippen molar-refractivity contribution in [2.45, 2.75) is 25.3 Å². The van der Waals surface area contributed by atoms with Gasteiger partial charge in [-0.25, -0.2) is 4.98 Å². The van der Waals surface area contributed by atoms with Crippen LogP contribution in [-0.2, 0) is 0 Å². The second-order valence-electron chi connectivity index (χ2n) is 4.96. The van der Waals surface area contributed by atoms with E-state index < -0.39 is 0 Å². The van der Waals surface area contributed by atoms with Gasteiger partial charge in [0.1, 0.15) is 5.82 Å². The normalized spacial score (nSPS) is 14.2. The average molecular weight is 329 g/mol. The fourth-order valence-corrected chi connectivity index (χ4v) is 3.29. The molecular formula is C15H21ClN2O2S. The zero-order valence-corrected chi connectivity index (χ0v) is 14.6. The number of nitrogens with zero attached hydrogens (tertiary/aromatic N) is 2. The number of methoxy groups -OCH3 is 2. The highest BCUT2D eigenvalue weighted by Gasteiger charge is 2.21. The number of fused-ring (bicyclic) bond motifs is 1. The Kier molecular flexibility index (Phi) is 5.27. The second-order valence-corrected chi connectivity index (χ2v) is 6.52. The summed E-state index contributed by atoms with van der Waals surface area (Å²) in [6.07, 6.45) is 2.10. The third kappa shape index (κ3) is 3.09. The molecule has 4 nitrogen and oxygen atoms in total. The van der Waals surface area contributed by atoms with Gasteiger partial charge in [0, 0.05) is 23.9 Å². The highest BCUT2D eigenvalue weighted by Crippen LogP contribution is 2.36. The molecule has 6 heteroatoms. The van der Waals surface area contributed by atoms with Crippen LogP contribution in [0.15, 0.2) is 12.1 Å². The number of ether oxygens (including phenoxy) is 2. The molecular weight excluding hydrogens is 308 g/mol. The number of halogens is 1. The number of thioether (sulfide) groups is 1. The maximum Gasteiger partial charge on any atom is 0.163 e. The van der Waals surface area contributed by atoms with Gasteiger partial charge in [-0.1, -0.05) is 0 Å². The molecule has 116 valence electrons. The highest BCUT2D eigenvalue weighted by molar-refractivity contribution is 7.98. The molecule has 21 heavy (non-hydrogen) atoms. The van der Waals surface area contributed by atoms with Crippen molar-refractivity contribution in [1.29, 1.82) is 0 Å². The second kappa shape index (κ2) is 6.79. The molecule has 0 bridgehead atoms. The van der Waals surface area contributed by atoms with Gasteiger partial charge >= 0.3 is 0 Å².